The van der Waals surface area contributed by atoms with Crippen LogP contribution in [0.1, 0.15) is 83.7 Å². The normalized spacial score (nSPS) is 11.0. The zero-order valence-corrected chi connectivity index (χ0v) is 20.6. The van der Waals surface area contributed by atoms with Gasteiger partial charge >= 0.3 is 0 Å². The van der Waals surface area contributed by atoms with Crippen molar-refractivity contribution in [2.45, 2.75) is 84.5 Å². The number of hydrogen-bond acceptors (Lipinski definition) is 3. The second kappa shape index (κ2) is 14.5. The summed E-state index contributed by atoms with van der Waals surface area (Å²) in [6, 6.07) is 16.8. The number of unbranched alkanes of at least 4 members (excludes halogenated alkanes) is 8. The van der Waals surface area contributed by atoms with Gasteiger partial charge < -0.3 is 4.74 Å². The Balaban J connectivity index is 1.47. The van der Waals surface area contributed by atoms with Gasteiger partial charge in [-0.05, 0) is 55.2 Å². The molecule has 0 radical (unpaired) electrons. The lowest BCUT2D eigenvalue weighted by molar-refractivity contribution is 0.304. The quantitative estimate of drug-likeness (QED) is 0.220. The lowest BCUT2D eigenvalue weighted by Gasteiger charge is -2.08. The Kier molecular flexibility index (Phi) is 10.9. The van der Waals surface area contributed by atoms with Gasteiger partial charge in [0.2, 0.25) is 0 Å². The van der Waals surface area contributed by atoms with E-state index in [2.05, 4.69) is 72.3 Å². The summed E-state index contributed by atoms with van der Waals surface area (Å²) in [6.45, 7) is 5.29. The monoisotopic (exact) mass is 444 g/mol. The first-order valence-electron chi connectivity index (χ1n) is 12.9. The summed E-state index contributed by atoms with van der Waals surface area (Å²) < 4.78 is 5.90. The Morgan fingerprint density at radius 1 is 0.576 bits per heavy atom. The molecule has 0 aliphatic carbocycles. The van der Waals surface area contributed by atoms with Crippen molar-refractivity contribution >= 4 is 0 Å². The van der Waals surface area contributed by atoms with Crippen molar-refractivity contribution < 1.29 is 4.74 Å². The van der Waals surface area contributed by atoms with Crippen LogP contribution in [0.2, 0.25) is 0 Å². The summed E-state index contributed by atoms with van der Waals surface area (Å²) in [7, 11) is 0. The Bertz CT molecular complexity index is 902. The van der Waals surface area contributed by atoms with Crippen molar-refractivity contribution in [3.63, 3.8) is 0 Å². The fourth-order valence-corrected chi connectivity index (χ4v) is 4.01. The molecule has 0 N–H and O–H groups in total. The van der Waals surface area contributed by atoms with Crippen molar-refractivity contribution in [3.8, 4) is 28.1 Å². The van der Waals surface area contributed by atoms with Gasteiger partial charge in [-0.25, -0.2) is 0 Å². The van der Waals surface area contributed by atoms with Gasteiger partial charge in [0.15, 0.2) is 0 Å². The van der Waals surface area contributed by atoms with Gasteiger partial charge in [-0.1, -0.05) is 83.4 Å². The second-order valence-electron chi connectivity index (χ2n) is 8.92. The molecule has 0 saturated carbocycles. The molecule has 2 aromatic heterocycles. The van der Waals surface area contributed by atoms with E-state index in [1.54, 1.807) is 0 Å². The fraction of sp³-hybridized carbons (Fsp3) is 0.467. The number of rotatable bonds is 15. The molecule has 176 valence electrons. The van der Waals surface area contributed by atoms with E-state index in [4.69, 9.17) is 4.74 Å². The lowest BCUT2D eigenvalue weighted by Crippen LogP contribution is -1.97. The van der Waals surface area contributed by atoms with Crippen molar-refractivity contribution in [2.75, 3.05) is 6.61 Å². The largest absolute Gasteiger partial charge is 0.494 e. The summed E-state index contributed by atoms with van der Waals surface area (Å²) in [5.74, 6) is 0.942. The van der Waals surface area contributed by atoms with Crippen molar-refractivity contribution in [1.29, 1.82) is 0 Å². The molecule has 0 aliphatic heterocycles. The van der Waals surface area contributed by atoms with Gasteiger partial charge in [0, 0.05) is 29.2 Å². The minimum absolute atomic E-state index is 0.799. The van der Waals surface area contributed by atoms with E-state index >= 15 is 0 Å². The molecule has 0 saturated heterocycles. The van der Waals surface area contributed by atoms with E-state index < -0.39 is 0 Å². The van der Waals surface area contributed by atoms with Crippen molar-refractivity contribution in [2.24, 2.45) is 0 Å². The van der Waals surface area contributed by atoms with Gasteiger partial charge in [0.25, 0.3) is 0 Å². The average molecular weight is 445 g/mol. The Morgan fingerprint density at radius 3 is 1.88 bits per heavy atom. The van der Waals surface area contributed by atoms with Gasteiger partial charge in [0.1, 0.15) is 5.75 Å². The molecule has 0 spiro atoms. The topological polar surface area (TPSA) is 35.0 Å². The molecule has 2 heterocycles. The molecule has 3 nitrogen and oxygen atoms in total. The molecule has 3 heteroatoms. The highest BCUT2D eigenvalue weighted by Gasteiger charge is 2.04. The number of ether oxygens (including phenoxy) is 1. The summed E-state index contributed by atoms with van der Waals surface area (Å²) in [5, 5.41) is 0. The predicted octanol–water partition coefficient (Wildman–Crippen LogP) is 8.67. The second-order valence-corrected chi connectivity index (χ2v) is 8.92. The smallest absolute Gasteiger partial charge is 0.119 e. The highest BCUT2D eigenvalue weighted by atomic mass is 16.5. The zero-order chi connectivity index (χ0) is 23.1. The van der Waals surface area contributed by atoms with E-state index in [1.807, 2.05) is 12.4 Å². The molecule has 0 fully saturated rings. The molecule has 3 aromatic rings. The van der Waals surface area contributed by atoms with Crippen LogP contribution in [0, 0.1) is 0 Å². The third-order valence-electron chi connectivity index (χ3n) is 6.12. The number of nitrogens with zero attached hydrogens (tertiary/aromatic N) is 2. The zero-order valence-electron chi connectivity index (χ0n) is 20.6. The van der Waals surface area contributed by atoms with Crippen molar-refractivity contribution in [3.05, 3.63) is 66.6 Å². The van der Waals surface area contributed by atoms with Gasteiger partial charge in [0.05, 0.1) is 12.3 Å². The summed E-state index contributed by atoms with van der Waals surface area (Å²) in [4.78, 5) is 9.32. The van der Waals surface area contributed by atoms with Crippen molar-refractivity contribution in [1.82, 2.24) is 9.97 Å². The van der Waals surface area contributed by atoms with E-state index in [1.165, 1.54) is 63.5 Å². The third-order valence-corrected chi connectivity index (χ3v) is 6.12. The molecule has 0 amide bonds. The SMILES string of the molecule is CCCCCCCCOc1ccc(-c2ccc(-c3ccc(CCCCCC)nc3)nc2)cc1. The molecule has 0 aliphatic rings. The third kappa shape index (κ3) is 8.64. The summed E-state index contributed by atoms with van der Waals surface area (Å²) in [5.41, 5.74) is 5.47. The van der Waals surface area contributed by atoms with Crippen LogP contribution in [0.3, 0.4) is 0 Å². The number of hydrogen-bond donors (Lipinski definition) is 0. The minimum Gasteiger partial charge on any atom is -0.494 e. The Labute approximate surface area is 200 Å². The molecule has 0 bridgehead atoms. The molecule has 0 atom stereocenters. The molecular weight excluding hydrogens is 404 g/mol. The molecule has 0 unspecified atom stereocenters. The van der Waals surface area contributed by atoms with Gasteiger partial charge in [-0.15, -0.1) is 0 Å². The number of aromatic nitrogens is 2. The highest BCUT2D eigenvalue weighted by Crippen LogP contribution is 2.24. The van der Waals surface area contributed by atoms with Crippen LogP contribution in [0.5, 0.6) is 5.75 Å². The first-order chi connectivity index (χ1) is 16.3. The first kappa shape index (κ1) is 25.0. The average Bonchev–Trinajstić information content (AvgIpc) is 2.87. The fourth-order valence-electron chi connectivity index (χ4n) is 4.01. The molecule has 33 heavy (non-hydrogen) atoms. The lowest BCUT2D eigenvalue weighted by atomic mass is 10.1. The predicted molar refractivity (Wildman–Crippen MR) is 140 cm³/mol. The van der Waals surface area contributed by atoms with E-state index in [0.29, 0.717) is 0 Å². The van der Waals surface area contributed by atoms with E-state index in [0.717, 1.165) is 47.6 Å². The Hall–Kier alpha value is -2.68. The summed E-state index contributed by atoms with van der Waals surface area (Å²) >= 11 is 0. The molecular formula is C30H40N2O. The molecule has 1 aromatic carbocycles. The van der Waals surface area contributed by atoms with Gasteiger partial charge in [-0.2, -0.15) is 0 Å². The van der Waals surface area contributed by atoms with E-state index in [-0.39, 0.29) is 0 Å². The van der Waals surface area contributed by atoms with Crippen LogP contribution in [0.15, 0.2) is 60.9 Å². The number of aryl methyl sites for hydroxylation is 1. The van der Waals surface area contributed by atoms with Crippen LogP contribution in [-0.4, -0.2) is 16.6 Å². The maximum absolute atomic E-state index is 5.90. The van der Waals surface area contributed by atoms with Crippen LogP contribution in [0.25, 0.3) is 22.4 Å². The van der Waals surface area contributed by atoms with Crippen LogP contribution >= 0.6 is 0 Å². The first-order valence-corrected chi connectivity index (χ1v) is 12.9. The standard InChI is InChI=1S/C30H40N2O/c1-3-5-7-9-10-12-22-33-29-19-15-25(16-20-29)26-17-21-30(32-23-26)27-14-18-28(31-24-27)13-11-8-6-4-2/h14-21,23-24H,3-13,22H2,1-2H3. The van der Waals surface area contributed by atoms with Crippen LogP contribution in [-0.2, 0) is 6.42 Å². The maximum atomic E-state index is 5.90. The highest BCUT2D eigenvalue weighted by molar-refractivity contribution is 5.67. The number of pyridine rings is 2. The molecule has 3 rings (SSSR count). The maximum Gasteiger partial charge on any atom is 0.119 e. The number of benzene rings is 1. The Morgan fingerprint density at radius 2 is 1.21 bits per heavy atom. The van der Waals surface area contributed by atoms with Crippen LogP contribution in [0.4, 0.5) is 0 Å². The summed E-state index contributed by atoms with van der Waals surface area (Å²) in [6.07, 6.45) is 17.7. The van der Waals surface area contributed by atoms with Gasteiger partial charge in [-0.3, -0.25) is 9.97 Å². The van der Waals surface area contributed by atoms with E-state index in [9.17, 15) is 0 Å². The minimum atomic E-state index is 0.799. The van der Waals surface area contributed by atoms with Crippen LogP contribution < -0.4 is 4.74 Å².